The van der Waals surface area contributed by atoms with Crippen LogP contribution >= 0.6 is 0 Å². The van der Waals surface area contributed by atoms with E-state index in [0.717, 1.165) is 5.57 Å². The van der Waals surface area contributed by atoms with Crippen LogP contribution in [0.4, 0.5) is 10.5 Å². The Bertz CT molecular complexity index is 1160. The van der Waals surface area contributed by atoms with Crippen LogP contribution in [0.15, 0.2) is 47.6 Å². The highest BCUT2D eigenvalue weighted by Gasteiger charge is 2.32. The third-order valence-corrected chi connectivity index (χ3v) is 7.47. The molecule has 7 atom stereocenters. The van der Waals surface area contributed by atoms with E-state index >= 15 is 0 Å². The van der Waals surface area contributed by atoms with Gasteiger partial charge in [0, 0.05) is 54.6 Å². The number of phenols is 2. The molecule has 1 aromatic rings. The number of nitrogens with one attached hydrogen (secondary N) is 1. The minimum atomic E-state index is -0.926. The van der Waals surface area contributed by atoms with Gasteiger partial charge in [-0.1, -0.05) is 45.1 Å². The van der Waals surface area contributed by atoms with E-state index in [9.17, 15) is 29.7 Å². The van der Waals surface area contributed by atoms with E-state index in [2.05, 4.69) is 5.32 Å². The van der Waals surface area contributed by atoms with Crippen molar-refractivity contribution in [2.24, 2.45) is 29.4 Å². The number of amides is 2. The zero-order chi connectivity index (χ0) is 30.1. The molecule has 1 aromatic carbocycles. The fourth-order valence-corrected chi connectivity index (χ4v) is 5.39. The number of methoxy groups -OCH3 is 1. The fourth-order valence-electron chi connectivity index (χ4n) is 5.39. The van der Waals surface area contributed by atoms with Crippen LogP contribution in [0.2, 0.25) is 0 Å². The largest absolute Gasteiger partial charge is 0.508 e. The van der Waals surface area contributed by atoms with Crippen LogP contribution in [0.25, 0.3) is 0 Å². The molecule has 2 bridgehead atoms. The Hall–Kier alpha value is -3.63. The number of aldehydes is 1. The van der Waals surface area contributed by atoms with Crippen molar-refractivity contribution in [2.75, 3.05) is 19.0 Å². The summed E-state index contributed by atoms with van der Waals surface area (Å²) in [6, 6.07) is 2.50. The van der Waals surface area contributed by atoms with Crippen LogP contribution in [0.5, 0.6) is 11.5 Å². The summed E-state index contributed by atoms with van der Waals surface area (Å²) < 4.78 is 11.2. The molecular weight excluding hydrogens is 516 g/mol. The first kappa shape index (κ1) is 32.6. The van der Waals surface area contributed by atoms with Crippen molar-refractivity contribution >= 4 is 24.0 Å². The zero-order valence-corrected chi connectivity index (χ0v) is 24.0. The molecule has 2 amide bonds. The first-order valence-corrected chi connectivity index (χ1v) is 13.3. The summed E-state index contributed by atoms with van der Waals surface area (Å²) in [5.74, 6) is -3.27. The number of hydrogen-bond acceptors (Lipinski definition) is 8. The predicted octanol–water partition coefficient (Wildman–Crippen LogP) is 4.17. The van der Waals surface area contributed by atoms with Gasteiger partial charge in [0.05, 0.1) is 11.8 Å². The Balaban J connectivity index is 2.68. The van der Waals surface area contributed by atoms with Crippen molar-refractivity contribution < 1.29 is 39.2 Å². The molecule has 40 heavy (non-hydrogen) atoms. The molecule has 1 heterocycles. The molecule has 0 unspecified atom stereocenters. The maximum atomic E-state index is 12.9. The Labute approximate surface area is 235 Å². The van der Waals surface area contributed by atoms with Crippen LogP contribution in [0.3, 0.4) is 0 Å². The van der Waals surface area contributed by atoms with Crippen molar-refractivity contribution in [3.05, 3.63) is 53.1 Å². The molecule has 0 saturated heterocycles. The number of fused-ring (bicyclic) bond motifs is 2. The maximum absolute atomic E-state index is 12.9. The summed E-state index contributed by atoms with van der Waals surface area (Å²) in [4.78, 5) is 36.8. The normalized spacial score (nSPS) is 28.7. The van der Waals surface area contributed by atoms with Gasteiger partial charge in [-0.3, -0.25) is 4.79 Å². The van der Waals surface area contributed by atoms with Crippen molar-refractivity contribution in [1.82, 2.24) is 0 Å². The molecular formula is C30H42N2O8. The maximum Gasteiger partial charge on any atom is 0.405 e. The van der Waals surface area contributed by atoms with E-state index in [0.29, 0.717) is 18.3 Å². The molecule has 1 aliphatic rings. The number of aliphatic hydroxyl groups is 1. The summed E-state index contributed by atoms with van der Waals surface area (Å²) in [6.07, 6.45) is 5.84. The van der Waals surface area contributed by atoms with Gasteiger partial charge in [0.1, 0.15) is 23.9 Å². The molecule has 1 aliphatic heterocycles. The van der Waals surface area contributed by atoms with Gasteiger partial charge in [-0.25, -0.2) is 4.79 Å². The van der Waals surface area contributed by atoms with Gasteiger partial charge in [-0.2, -0.15) is 0 Å². The second kappa shape index (κ2) is 14.7. The number of hydrogen-bond donors (Lipinski definition) is 5. The SMILES string of the molecule is CO[C@H]1[C@@H](CO)C[C@H](C)[C@@H](C=O)c2cc(O)cc(c2O)NC(=O)C(C)=CC=C[C@H](C)[C@@H](OC(N)=O)C(C)=C[C@@H]1C. The van der Waals surface area contributed by atoms with Gasteiger partial charge < -0.3 is 40.6 Å². The lowest BCUT2D eigenvalue weighted by atomic mass is 9.78. The smallest absolute Gasteiger partial charge is 0.405 e. The molecule has 10 nitrogen and oxygen atoms in total. The van der Waals surface area contributed by atoms with E-state index in [4.69, 9.17) is 15.2 Å². The number of rotatable bonds is 4. The molecule has 0 aliphatic carbocycles. The van der Waals surface area contributed by atoms with Crippen LogP contribution in [0, 0.1) is 23.7 Å². The monoisotopic (exact) mass is 558 g/mol. The number of aromatic hydroxyl groups is 2. The van der Waals surface area contributed by atoms with Gasteiger partial charge >= 0.3 is 6.09 Å². The summed E-state index contributed by atoms with van der Waals surface area (Å²) in [5.41, 5.74) is 6.50. The van der Waals surface area contributed by atoms with E-state index in [1.165, 1.54) is 19.2 Å². The Kier molecular flexibility index (Phi) is 11.9. The number of benzene rings is 1. The average Bonchev–Trinajstić information content (AvgIpc) is 2.88. The van der Waals surface area contributed by atoms with Crippen LogP contribution in [0.1, 0.15) is 52.5 Å². The van der Waals surface area contributed by atoms with Crippen LogP contribution in [-0.2, 0) is 19.1 Å². The molecule has 220 valence electrons. The number of aliphatic hydroxyl groups excluding tert-OH is 1. The number of carbonyl (C=O) groups excluding carboxylic acids is 3. The van der Waals surface area contributed by atoms with E-state index in [1.807, 2.05) is 26.8 Å². The lowest BCUT2D eigenvalue weighted by Gasteiger charge is -2.32. The van der Waals surface area contributed by atoms with E-state index in [-0.39, 0.29) is 47.1 Å². The molecule has 2 rings (SSSR count). The highest BCUT2D eigenvalue weighted by Crippen LogP contribution is 2.41. The quantitative estimate of drug-likeness (QED) is 0.159. The minimum absolute atomic E-state index is 0.0427. The first-order valence-electron chi connectivity index (χ1n) is 13.3. The minimum Gasteiger partial charge on any atom is -0.508 e. The Morgan fingerprint density at radius 2 is 1.85 bits per heavy atom. The van der Waals surface area contributed by atoms with E-state index < -0.39 is 36.0 Å². The lowest BCUT2D eigenvalue weighted by molar-refractivity contribution is -0.113. The number of primary amides is 1. The molecule has 0 aromatic heterocycles. The van der Waals surface area contributed by atoms with Crippen molar-refractivity contribution in [1.29, 1.82) is 0 Å². The molecule has 0 saturated carbocycles. The third kappa shape index (κ3) is 8.19. The fraction of sp³-hybridized carbons (Fsp3) is 0.500. The summed E-state index contributed by atoms with van der Waals surface area (Å²) >= 11 is 0. The second-order valence-corrected chi connectivity index (χ2v) is 10.6. The van der Waals surface area contributed by atoms with Crippen LogP contribution in [-0.4, -0.2) is 59.5 Å². The van der Waals surface area contributed by atoms with Crippen molar-refractivity contribution in [3.8, 4) is 11.5 Å². The molecule has 0 spiro atoms. The number of anilines is 1. The number of allylic oxidation sites excluding steroid dienone is 2. The predicted molar refractivity (Wildman–Crippen MR) is 152 cm³/mol. The van der Waals surface area contributed by atoms with Crippen molar-refractivity contribution in [3.63, 3.8) is 0 Å². The summed E-state index contributed by atoms with van der Waals surface area (Å²) in [5, 5.41) is 34.3. The summed E-state index contributed by atoms with van der Waals surface area (Å²) in [7, 11) is 1.54. The third-order valence-electron chi connectivity index (χ3n) is 7.47. The van der Waals surface area contributed by atoms with Gasteiger partial charge in [0.25, 0.3) is 5.91 Å². The standard InChI is InChI=1S/C30H42N2O8/c1-16-8-7-9-17(2)29(37)32-25-13-22(35)12-23(26(25)36)24(15-34)18(3)11-21(14-33)28(39-6)20(5)10-19(4)27(16)40-30(31)38/h7-10,12-13,15-16,18,20-21,24,27-28,33,35-36H,11,14H2,1-6H3,(H2,31,38)(H,32,37)/t16-,18-,20-,21+,24+,27+,28+/m0/s1. The second-order valence-electron chi connectivity index (χ2n) is 10.6. The topological polar surface area (TPSA) is 168 Å². The number of phenolic OH excluding ortho intramolecular Hbond substituents is 2. The van der Waals surface area contributed by atoms with Gasteiger partial charge in [0.15, 0.2) is 0 Å². The molecule has 0 radical (unpaired) electrons. The van der Waals surface area contributed by atoms with Gasteiger partial charge in [0.2, 0.25) is 0 Å². The number of carbonyl (C=O) groups is 3. The molecule has 0 fully saturated rings. The number of nitrogens with two attached hydrogens (primary N) is 1. The van der Waals surface area contributed by atoms with Crippen molar-refractivity contribution in [2.45, 2.75) is 59.2 Å². The van der Waals surface area contributed by atoms with Gasteiger partial charge in [-0.05, 0) is 37.8 Å². The molecule has 6 N–H and O–H groups in total. The average molecular weight is 559 g/mol. The zero-order valence-electron chi connectivity index (χ0n) is 24.0. The highest BCUT2D eigenvalue weighted by atomic mass is 16.6. The Morgan fingerprint density at radius 3 is 2.42 bits per heavy atom. The lowest BCUT2D eigenvalue weighted by Crippen LogP contribution is -2.34. The molecule has 10 heteroatoms. The highest BCUT2D eigenvalue weighted by molar-refractivity contribution is 6.04. The van der Waals surface area contributed by atoms with Crippen LogP contribution < -0.4 is 11.1 Å². The van der Waals surface area contributed by atoms with E-state index in [1.54, 1.807) is 32.1 Å². The van der Waals surface area contributed by atoms with Gasteiger partial charge in [-0.15, -0.1) is 0 Å². The first-order chi connectivity index (χ1) is 18.8. The number of ether oxygens (including phenoxy) is 2. The Morgan fingerprint density at radius 1 is 1.18 bits per heavy atom. The summed E-state index contributed by atoms with van der Waals surface area (Å²) in [6.45, 7) is 8.73.